The van der Waals surface area contributed by atoms with E-state index < -0.39 is 0 Å². The number of fused-ring (bicyclic) bond motifs is 5. The molecule has 230 valence electrons. The van der Waals surface area contributed by atoms with E-state index in [2.05, 4.69) is 26.6 Å². The van der Waals surface area contributed by atoms with Gasteiger partial charge in [0.1, 0.15) is 16.9 Å². The van der Waals surface area contributed by atoms with Crippen LogP contribution in [0.5, 0.6) is 5.75 Å². The number of ether oxygens (including phenoxy) is 2. The Balaban J connectivity index is 1.23. The summed E-state index contributed by atoms with van der Waals surface area (Å²) in [6.45, 7) is 3.84. The van der Waals surface area contributed by atoms with Gasteiger partial charge in [0, 0.05) is 55.7 Å². The number of aryl methyl sites for hydroxylation is 1. The van der Waals surface area contributed by atoms with Crippen LogP contribution in [0.1, 0.15) is 61.1 Å². The highest BCUT2D eigenvalue weighted by Gasteiger charge is 2.47. The van der Waals surface area contributed by atoms with E-state index in [0.29, 0.717) is 48.3 Å². The van der Waals surface area contributed by atoms with E-state index >= 15 is 0 Å². The number of benzene rings is 1. The number of amides is 2. The number of imidazole rings is 1. The van der Waals surface area contributed by atoms with E-state index in [1.54, 1.807) is 7.11 Å². The summed E-state index contributed by atoms with van der Waals surface area (Å²) in [5.41, 5.74) is 11.1. The van der Waals surface area contributed by atoms with Crippen molar-refractivity contribution in [3.63, 3.8) is 0 Å². The maximum absolute atomic E-state index is 13.8. The first-order valence-corrected chi connectivity index (χ1v) is 15.8. The Hall–Kier alpha value is -3.96. The van der Waals surface area contributed by atoms with Gasteiger partial charge < -0.3 is 34.6 Å². The number of carbonyl (C=O) groups is 2. The first-order chi connectivity index (χ1) is 21.3. The maximum Gasteiger partial charge on any atom is 0.254 e. The van der Waals surface area contributed by atoms with Crippen LogP contribution in [0, 0.1) is 11.8 Å². The Morgan fingerprint density at radius 3 is 2.77 bits per heavy atom. The number of nitrogens with zero attached hydrogens (tertiary/aromatic N) is 5. The number of carbonyl (C=O) groups excluding carboxylic acids is 2. The summed E-state index contributed by atoms with van der Waals surface area (Å²) in [6, 6.07) is 10.1. The molecule has 2 amide bonds. The fraction of sp³-hybridized carbons (Fsp3) is 0.515. The van der Waals surface area contributed by atoms with Gasteiger partial charge in [-0.2, -0.15) is 0 Å². The van der Waals surface area contributed by atoms with Gasteiger partial charge in [-0.3, -0.25) is 9.59 Å². The number of hydrogen-bond donors (Lipinski definition) is 2. The second-order valence-electron chi connectivity index (χ2n) is 13.1. The molecule has 4 aliphatic rings. The quantitative estimate of drug-likeness (QED) is 0.370. The fourth-order valence-electron chi connectivity index (χ4n) is 7.83. The Morgan fingerprint density at radius 1 is 1.14 bits per heavy atom. The smallest absolute Gasteiger partial charge is 0.254 e. The van der Waals surface area contributed by atoms with Gasteiger partial charge in [-0.1, -0.05) is 0 Å². The van der Waals surface area contributed by atoms with Gasteiger partial charge in [0.05, 0.1) is 36.7 Å². The fourth-order valence-corrected chi connectivity index (χ4v) is 7.83. The zero-order valence-electron chi connectivity index (χ0n) is 25.5. The summed E-state index contributed by atoms with van der Waals surface area (Å²) in [6.07, 6.45) is 4.26. The average Bonchev–Trinajstić information content (AvgIpc) is 3.27. The lowest BCUT2D eigenvalue weighted by Gasteiger charge is -2.23. The van der Waals surface area contributed by atoms with Crippen LogP contribution in [-0.2, 0) is 23.1 Å². The minimum atomic E-state index is -0.230. The highest BCUT2D eigenvalue weighted by molar-refractivity contribution is 6.00. The molecule has 1 aromatic carbocycles. The number of hydrogen-bond acceptors (Lipinski definition) is 7. The number of rotatable bonds is 3. The first kappa shape index (κ1) is 27.6. The van der Waals surface area contributed by atoms with Crippen molar-refractivity contribution in [2.45, 2.75) is 69.7 Å². The molecule has 0 spiro atoms. The van der Waals surface area contributed by atoms with Crippen LogP contribution in [0.2, 0.25) is 0 Å². The molecule has 6 heterocycles. The standard InChI is InChI=1S/C33H39N7O4/c1-17-24-6-4-18-12-27(39(31(18)36-24)15-20-10-21(20)16-44-9-8-29(41)35-17)32-37-25-11-19(13-28(43-3)30(25)38(32)2)33(42)40-22-5-7-26(40)23(34)14-22/h4,6,11-13,17,20-23,26H,5,7-10,14-16,34H2,1-3H3,(H,35,41)/t17-,20+,21-,22+,23-,26-/m1/s1. The van der Waals surface area contributed by atoms with Crippen LogP contribution in [-0.4, -0.2) is 74.3 Å². The van der Waals surface area contributed by atoms with Crippen molar-refractivity contribution >= 4 is 33.9 Å². The molecule has 3 N–H and O–H groups in total. The molecule has 1 saturated carbocycles. The SMILES string of the molecule is COc1cc(C(=O)N2[C@H]3CC[C@@H]2[C@H](N)C3)cc2nc(-c3cc4ccc5nc4n3C[C@@H]3C[C@@H]3COCCC(=O)N[C@@H]5C)n(C)c12. The summed E-state index contributed by atoms with van der Waals surface area (Å²) in [5, 5.41) is 4.07. The molecule has 3 aromatic heterocycles. The Morgan fingerprint density at radius 2 is 2.00 bits per heavy atom. The molecule has 1 aliphatic carbocycles. The van der Waals surface area contributed by atoms with Crippen molar-refractivity contribution in [3.8, 4) is 17.3 Å². The van der Waals surface area contributed by atoms with Crippen molar-refractivity contribution in [3.05, 3.63) is 41.6 Å². The molecular formula is C33H39N7O4. The van der Waals surface area contributed by atoms with Gasteiger partial charge in [-0.15, -0.1) is 0 Å². The van der Waals surface area contributed by atoms with Gasteiger partial charge in [0.2, 0.25) is 5.91 Å². The first-order valence-electron chi connectivity index (χ1n) is 15.8. The van der Waals surface area contributed by atoms with Crippen LogP contribution in [0.25, 0.3) is 33.6 Å². The third kappa shape index (κ3) is 4.39. The summed E-state index contributed by atoms with van der Waals surface area (Å²) in [7, 11) is 3.63. The molecule has 0 unspecified atom stereocenters. The summed E-state index contributed by atoms with van der Waals surface area (Å²) < 4.78 is 16.1. The van der Waals surface area contributed by atoms with Crippen LogP contribution in [0.4, 0.5) is 0 Å². The minimum Gasteiger partial charge on any atom is -0.494 e. The number of methoxy groups -OCH3 is 1. The van der Waals surface area contributed by atoms with Gasteiger partial charge in [-0.05, 0) is 74.8 Å². The van der Waals surface area contributed by atoms with Crippen LogP contribution in [0.15, 0.2) is 30.3 Å². The minimum absolute atomic E-state index is 0.0000552. The van der Waals surface area contributed by atoms with Gasteiger partial charge in [0.15, 0.2) is 5.82 Å². The molecule has 44 heavy (non-hydrogen) atoms. The van der Waals surface area contributed by atoms with Gasteiger partial charge in [0.25, 0.3) is 5.91 Å². The lowest BCUT2D eigenvalue weighted by Crippen LogP contribution is -2.40. The van der Waals surface area contributed by atoms with Crippen LogP contribution in [0.3, 0.4) is 0 Å². The topological polar surface area (TPSA) is 130 Å². The predicted molar refractivity (Wildman–Crippen MR) is 165 cm³/mol. The highest BCUT2D eigenvalue weighted by atomic mass is 16.5. The van der Waals surface area contributed by atoms with E-state index in [-0.39, 0.29) is 36.0 Å². The molecular weight excluding hydrogens is 558 g/mol. The Bertz CT molecular complexity index is 1810. The van der Waals surface area contributed by atoms with E-state index in [0.717, 1.165) is 66.0 Å². The number of aromatic nitrogens is 4. The zero-order chi connectivity index (χ0) is 30.3. The Labute approximate surface area is 255 Å². The van der Waals surface area contributed by atoms with E-state index in [4.69, 9.17) is 25.2 Å². The van der Waals surface area contributed by atoms with Crippen molar-refractivity contribution in [1.82, 2.24) is 29.3 Å². The molecule has 2 saturated heterocycles. The third-order valence-corrected chi connectivity index (χ3v) is 10.3. The molecule has 11 nitrogen and oxygen atoms in total. The maximum atomic E-state index is 13.8. The molecule has 4 aromatic rings. The average molecular weight is 598 g/mol. The number of nitrogens with two attached hydrogens (primary N) is 1. The lowest BCUT2D eigenvalue weighted by atomic mass is 9.97. The van der Waals surface area contributed by atoms with E-state index in [9.17, 15) is 9.59 Å². The summed E-state index contributed by atoms with van der Waals surface area (Å²) in [4.78, 5) is 38.5. The van der Waals surface area contributed by atoms with Gasteiger partial charge in [-0.25, -0.2) is 9.97 Å². The monoisotopic (exact) mass is 597 g/mol. The number of nitrogens with one attached hydrogen (secondary N) is 1. The normalized spacial score (nSPS) is 28.4. The molecule has 11 heteroatoms. The molecule has 3 aliphatic heterocycles. The predicted octanol–water partition coefficient (Wildman–Crippen LogP) is 3.54. The van der Waals surface area contributed by atoms with Crippen molar-refractivity contribution in [2.75, 3.05) is 20.3 Å². The van der Waals surface area contributed by atoms with Crippen molar-refractivity contribution in [1.29, 1.82) is 0 Å². The second-order valence-corrected chi connectivity index (χ2v) is 13.1. The zero-order valence-corrected chi connectivity index (χ0v) is 25.5. The molecule has 0 radical (unpaired) electrons. The van der Waals surface area contributed by atoms with Crippen molar-refractivity contribution < 1.29 is 19.1 Å². The van der Waals surface area contributed by atoms with Crippen LogP contribution < -0.4 is 15.8 Å². The van der Waals surface area contributed by atoms with E-state index in [1.807, 2.05) is 37.1 Å². The molecule has 4 bridgehead atoms. The largest absolute Gasteiger partial charge is 0.494 e. The third-order valence-electron chi connectivity index (χ3n) is 10.3. The number of pyridine rings is 1. The van der Waals surface area contributed by atoms with E-state index in [1.165, 1.54) is 0 Å². The van der Waals surface area contributed by atoms with Crippen LogP contribution >= 0.6 is 0 Å². The highest BCUT2D eigenvalue weighted by Crippen LogP contribution is 2.43. The van der Waals surface area contributed by atoms with Gasteiger partial charge >= 0.3 is 0 Å². The molecule has 6 atom stereocenters. The molecule has 3 fully saturated rings. The Kier molecular flexibility index (Phi) is 6.46. The summed E-state index contributed by atoms with van der Waals surface area (Å²) >= 11 is 0. The lowest BCUT2D eigenvalue weighted by molar-refractivity contribution is -0.122. The second kappa shape index (κ2) is 10.3. The summed E-state index contributed by atoms with van der Waals surface area (Å²) in [5.74, 6) is 2.27. The molecule has 8 rings (SSSR count). The van der Waals surface area contributed by atoms with Crippen molar-refractivity contribution in [2.24, 2.45) is 24.6 Å².